The van der Waals surface area contributed by atoms with Crippen molar-refractivity contribution in [2.24, 2.45) is 5.73 Å². The summed E-state index contributed by atoms with van der Waals surface area (Å²) in [5, 5.41) is 0. The van der Waals surface area contributed by atoms with Crippen LogP contribution < -0.4 is 15.2 Å². The van der Waals surface area contributed by atoms with Crippen LogP contribution in [0.3, 0.4) is 0 Å². The van der Waals surface area contributed by atoms with Gasteiger partial charge in [0, 0.05) is 26.2 Å². The molecule has 0 amide bonds. The van der Waals surface area contributed by atoms with Gasteiger partial charge in [-0.3, -0.25) is 4.90 Å². The molecule has 0 unspecified atom stereocenters. The molecule has 2 rings (SSSR count). The van der Waals surface area contributed by atoms with Crippen LogP contribution in [-0.4, -0.2) is 38.8 Å². The third-order valence-electron chi connectivity index (χ3n) is 3.86. The van der Waals surface area contributed by atoms with E-state index < -0.39 is 0 Å². The molecular formula is C19H26N2O2. The fraction of sp³-hybridized carbons (Fsp3) is 0.368. The number of methoxy groups -OCH3 is 2. The van der Waals surface area contributed by atoms with E-state index in [0.29, 0.717) is 6.54 Å². The molecule has 0 saturated heterocycles. The van der Waals surface area contributed by atoms with Crippen LogP contribution in [-0.2, 0) is 13.0 Å². The van der Waals surface area contributed by atoms with Gasteiger partial charge >= 0.3 is 0 Å². The summed E-state index contributed by atoms with van der Waals surface area (Å²) in [7, 11) is 3.31. The summed E-state index contributed by atoms with van der Waals surface area (Å²) in [6.07, 6.45) is 1.02. The van der Waals surface area contributed by atoms with E-state index >= 15 is 0 Å². The van der Waals surface area contributed by atoms with Gasteiger partial charge in [0.25, 0.3) is 0 Å². The van der Waals surface area contributed by atoms with Crippen molar-refractivity contribution in [2.75, 3.05) is 33.9 Å². The van der Waals surface area contributed by atoms with Crippen molar-refractivity contribution in [3.8, 4) is 11.5 Å². The number of rotatable bonds is 9. The van der Waals surface area contributed by atoms with Crippen LogP contribution in [0.2, 0.25) is 0 Å². The largest absolute Gasteiger partial charge is 0.493 e. The minimum absolute atomic E-state index is 0.655. The summed E-state index contributed by atoms with van der Waals surface area (Å²) in [6, 6.07) is 16.6. The van der Waals surface area contributed by atoms with E-state index in [1.54, 1.807) is 14.2 Å². The van der Waals surface area contributed by atoms with Crippen molar-refractivity contribution in [2.45, 2.75) is 13.0 Å². The zero-order chi connectivity index (χ0) is 16.5. The Morgan fingerprint density at radius 3 is 2.26 bits per heavy atom. The molecule has 0 atom stereocenters. The fourth-order valence-electron chi connectivity index (χ4n) is 2.62. The van der Waals surface area contributed by atoms with Crippen LogP contribution in [0.5, 0.6) is 11.5 Å². The van der Waals surface area contributed by atoms with Crippen LogP contribution >= 0.6 is 0 Å². The molecule has 0 aliphatic rings. The summed E-state index contributed by atoms with van der Waals surface area (Å²) in [5.74, 6) is 1.52. The molecule has 0 saturated carbocycles. The SMILES string of the molecule is COc1ccc(CN(CCN)CCc2ccccc2)cc1OC. The summed E-state index contributed by atoms with van der Waals surface area (Å²) < 4.78 is 10.7. The van der Waals surface area contributed by atoms with E-state index in [4.69, 9.17) is 15.2 Å². The smallest absolute Gasteiger partial charge is 0.161 e. The van der Waals surface area contributed by atoms with Gasteiger partial charge in [-0.1, -0.05) is 36.4 Å². The lowest BCUT2D eigenvalue weighted by Gasteiger charge is -2.22. The van der Waals surface area contributed by atoms with Gasteiger partial charge in [-0.25, -0.2) is 0 Å². The zero-order valence-corrected chi connectivity index (χ0v) is 14.0. The van der Waals surface area contributed by atoms with Gasteiger partial charge in [-0.2, -0.15) is 0 Å². The lowest BCUT2D eigenvalue weighted by atomic mass is 10.1. The molecule has 124 valence electrons. The van der Waals surface area contributed by atoms with Crippen molar-refractivity contribution in [3.63, 3.8) is 0 Å². The predicted octanol–water partition coefficient (Wildman–Crippen LogP) is 2.71. The van der Waals surface area contributed by atoms with E-state index in [9.17, 15) is 0 Å². The van der Waals surface area contributed by atoms with Crippen LogP contribution in [0.1, 0.15) is 11.1 Å². The number of nitrogens with zero attached hydrogens (tertiary/aromatic N) is 1. The predicted molar refractivity (Wildman–Crippen MR) is 94.0 cm³/mol. The number of benzene rings is 2. The van der Waals surface area contributed by atoms with Crippen LogP contribution in [0, 0.1) is 0 Å². The highest BCUT2D eigenvalue weighted by Gasteiger charge is 2.09. The van der Waals surface area contributed by atoms with Gasteiger partial charge in [-0.15, -0.1) is 0 Å². The third-order valence-corrected chi connectivity index (χ3v) is 3.86. The molecule has 2 aromatic rings. The number of hydrogen-bond donors (Lipinski definition) is 1. The second-order valence-corrected chi connectivity index (χ2v) is 5.49. The van der Waals surface area contributed by atoms with Crippen molar-refractivity contribution >= 4 is 0 Å². The maximum atomic E-state index is 5.77. The van der Waals surface area contributed by atoms with Crippen molar-refractivity contribution in [1.82, 2.24) is 4.90 Å². The third kappa shape index (κ3) is 5.27. The minimum Gasteiger partial charge on any atom is -0.493 e. The molecule has 4 nitrogen and oxygen atoms in total. The lowest BCUT2D eigenvalue weighted by Crippen LogP contribution is -2.31. The summed E-state index contributed by atoms with van der Waals surface area (Å²) in [6.45, 7) is 3.36. The first-order chi connectivity index (χ1) is 11.3. The van der Waals surface area contributed by atoms with Crippen LogP contribution in [0.15, 0.2) is 48.5 Å². The molecule has 0 fully saturated rings. The van der Waals surface area contributed by atoms with E-state index in [0.717, 1.165) is 37.6 Å². The maximum Gasteiger partial charge on any atom is 0.161 e. The van der Waals surface area contributed by atoms with Crippen molar-refractivity contribution < 1.29 is 9.47 Å². The quantitative estimate of drug-likeness (QED) is 0.773. The fourth-order valence-corrected chi connectivity index (χ4v) is 2.62. The highest BCUT2D eigenvalue weighted by atomic mass is 16.5. The minimum atomic E-state index is 0.655. The first-order valence-corrected chi connectivity index (χ1v) is 7.94. The second-order valence-electron chi connectivity index (χ2n) is 5.49. The molecule has 0 radical (unpaired) electrons. The van der Waals surface area contributed by atoms with Gasteiger partial charge in [-0.05, 0) is 29.7 Å². The van der Waals surface area contributed by atoms with E-state index in [1.807, 2.05) is 18.2 Å². The Hall–Kier alpha value is -2.04. The van der Waals surface area contributed by atoms with Crippen molar-refractivity contribution in [1.29, 1.82) is 0 Å². The standard InChI is InChI=1S/C19H26N2O2/c1-22-18-9-8-17(14-19(18)23-2)15-21(13-11-20)12-10-16-6-4-3-5-7-16/h3-9,14H,10-13,15,20H2,1-2H3. The van der Waals surface area contributed by atoms with Crippen LogP contribution in [0.4, 0.5) is 0 Å². The Balaban J connectivity index is 2.01. The summed E-state index contributed by atoms with van der Waals surface area (Å²) in [5.41, 5.74) is 8.31. The molecule has 0 heterocycles. The van der Waals surface area contributed by atoms with E-state index in [2.05, 4.69) is 35.2 Å². The van der Waals surface area contributed by atoms with Gasteiger partial charge in [0.05, 0.1) is 14.2 Å². The topological polar surface area (TPSA) is 47.7 Å². The molecule has 0 bridgehead atoms. The zero-order valence-electron chi connectivity index (χ0n) is 14.0. The number of nitrogens with two attached hydrogens (primary N) is 1. The number of hydrogen-bond acceptors (Lipinski definition) is 4. The maximum absolute atomic E-state index is 5.77. The average Bonchev–Trinajstić information content (AvgIpc) is 2.60. The molecule has 0 aliphatic heterocycles. The monoisotopic (exact) mass is 314 g/mol. The van der Waals surface area contributed by atoms with Gasteiger partial charge in [0.1, 0.15) is 0 Å². The van der Waals surface area contributed by atoms with E-state index in [-0.39, 0.29) is 0 Å². The first kappa shape index (κ1) is 17.3. The molecule has 2 N–H and O–H groups in total. The van der Waals surface area contributed by atoms with Gasteiger partial charge < -0.3 is 15.2 Å². The highest BCUT2D eigenvalue weighted by molar-refractivity contribution is 5.42. The molecule has 4 heteroatoms. The normalized spacial score (nSPS) is 10.8. The van der Waals surface area contributed by atoms with Crippen LogP contribution in [0.25, 0.3) is 0 Å². The molecular weight excluding hydrogens is 288 g/mol. The first-order valence-electron chi connectivity index (χ1n) is 7.94. The molecule has 23 heavy (non-hydrogen) atoms. The Morgan fingerprint density at radius 2 is 1.61 bits per heavy atom. The van der Waals surface area contributed by atoms with E-state index in [1.165, 1.54) is 11.1 Å². The number of ether oxygens (including phenoxy) is 2. The molecule has 0 spiro atoms. The second kappa shape index (κ2) is 9.18. The average molecular weight is 314 g/mol. The molecule has 2 aromatic carbocycles. The Kier molecular flexibility index (Phi) is 6.91. The summed E-state index contributed by atoms with van der Waals surface area (Å²) in [4.78, 5) is 2.37. The highest BCUT2D eigenvalue weighted by Crippen LogP contribution is 2.28. The van der Waals surface area contributed by atoms with Gasteiger partial charge in [0.15, 0.2) is 11.5 Å². The molecule has 0 aromatic heterocycles. The Bertz CT molecular complexity index is 587. The Labute approximate surface area is 138 Å². The summed E-state index contributed by atoms with van der Waals surface area (Å²) >= 11 is 0. The van der Waals surface area contributed by atoms with Crippen molar-refractivity contribution in [3.05, 3.63) is 59.7 Å². The Morgan fingerprint density at radius 1 is 0.870 bits per heavy atom. The lowest BCUT2D eigenvalue weighted by molar-refractivity contribution is 0.275. The molecule has 0 aliphatic carbocycles. The van der Waals surface area contributed by atoms with Gasteiger partial charge in [0.2, 0.25) is 0 Å².